The molecule has 2 rings (SSSR count). The zero-order valence-electron chi connectivity index (χ0n) is 8.82. The van der Waals surface area contributed by atoms with Gasteiger partial charge in [0.2, 0.25) is 5.91 Å². The van der Waals surface area contributed by atoms with E-state index in [0.717, 1.165) is 31.1 Å². The summed E-state index contributed by atoms with van der Waals surface area (Å²) < 4.78 is 2.10. The van der Waals surface area contributed by atoms with Crippen LogP contribution in [0.1, 0.15) is 25.8 Å². The summed E-state index contributed by atoms with van der Waals surface area (Å²) in [7, 11) is 0. The van der Waals surface area contributed by atoms with Gasteiger partial charge in [-0.25, -0.2) is 0 Å². The van der Waals surface area contributed by atoms with Crippen molar-refractivity contribution in [3.8, 4) is 0 Å². The van der Waals surface area contributed by atoms with Gasteiger partial charge in [-0.2, -0.15) is 0 Å². The Bertz CT molecular complexity index is 353. The van der Waals surface area contributed by atoms with Gasteiger partial charge in [0.05, 0.1) is 0 Å². The van der Waals surface area contributed by atoms with Crippen LogP contribution in [0.5, 0.6) is 0 Å². The number of hydrogen-bond acceptors (Lipinski definition) is 1. The van der Waals surface area contributed by atoms with Crippen molar-refractivity contribution in [3.05, 3.63) is 23.5 Å². The van der Waals surface area contributed by atoms with Crippen molar-refractivity contribution in [1.29, 1.82) is 0 Å². The van der Waals surface area contributed by atoms with Gasteiger partial charge in [0.25, 0.3) is 0 Å². The number of carbonyl (C=O) groups is 1. The van der Waals surface area contributed by atoms with Crippen LogP contribution in [0.15, 0.2) is 18.3 Å². The van der Waals surface area contributed by atoms with Crippen LogP contribution < -0.4 is 0 Å². The average Bonchev–Trinajstić information content (AvgIpc) is 2.65. The molecule has 1 saturated heterocycles. The molecule has 0 bridgehead atoms. The maximum atomic E-state index is 11.2. The lowest BCUT2D eigenvalue weighted by molar-refractivity contribution is -0.130. The highest BCUT2D eigenvalue weighted by Gasteiger charge is 2.22. The van der Waals surface area contributed by atoms with E-state index in [4.69, 9.17) is 11.6 Å². The number of aromatic nitrogens is 1. The van der Waals surface area contributed by atoms with Gasteiger partial charge in [0.15, 0.2) is 0 Å². The van der Waals surface area contributed by atoms with E-state index in [2.05, 4.69) is 4.57 Å². The van der Waals surface area contributed by atoms with Crippen molar-refractivity contribution in [1.82, 2.24) is 9.47 Å². The first kappa shape index (κ1) is 10.6. The van der Waals surface area contributed by atoms with E-state index in [9.17, 15) is 4.79 Å². The number of likely N-dealkylation sites (tertiary alicyclic amines) is 1. The fourth-order valence-corrected chi connectivity index (χ4v) is 2.39. The summed E-state index contributed by atoms with van der Waals surface area (Å²) in [4.78, 5) is 13.0. The molecule has 0 aliphatic carbocycles. The summed E-state index contributed by atoms with van der Waals surface area (Å²) >= 11 is 6.05. The van der Waals surface area contributed by atoms with Gasteiger partial charge in [-0.3, -0.25) is 4.79 Å². The topological polar surface area (TPSA) is 25.2 Å². The van der Waals surface area contributed by atoms with Crippen LogP contribution in [0.3, 0.4) is 0 Å². The Hall–Kier alpha value is -0.960. The zero-order chi connectivity index (χ0) is 10.8. The third kappa shape index (κ3) is 2.17. The molecular formula is C11H15ClN2O. The monoisotopic (exact) mass is 226 g/mol. The molecule has 1 fully saturated rings. The summed E-state index contributed by atoms with van der Waals surface area (Å²) in [6.45, 7) is 3.31. The van der Waals surface area contributed by atoms with Crippen LogP contribution in [0.2, 0.25) is 5.15 Å². The van der Waals surface area contributed by atoms with Gasteiger partial charge >= 0.3 is 0 Å². The van der Waals surface area contributed by atoms with Crippen LogP contribution >= 0.6 is 11.6 Å². The van der Waals surface area contributed by atoms with Gasteiger partial charge < -0.3 is 9.47 Å². The van der Waals surface area contributed by atoms with Crippen LogP contribution in [0.25, 0.3) is 0 Å². The standard InChI is InChI=1S/C11H15ClN2O/c1-9(15)13-7-4-10(5-8-13)14-6-2-3-11(14)12/h2-3,6,10H,4-5,7-8H2,1H3. The number of nitrogens with zero attached hydrogens (tertiary/aromatic N) is 2. The first-order valence-corrected chi connectivity index (χ1v) is 5.64. The summed E-state index contributed by atoms with van der Waals surface area (Å²) in [5, 5.41) is 0.788. The van der Waals surface area contributed by atoms with E-state index in [0.29, 0.717) is 6.04 Å². The van der Waals surface area contributed by atoms with E-state index in [1.165, 1.54) is 0 Å². The van der Waals surface area contributed by atoms with Crippen molar-refractivity contribution in [3.63, 3.8) is 0 Å². The van der Waals surface area contributed by atoms with Crippen LogP contribution in [-0.4, -0.2) is 28.5 Å². The van der Waals surface area contributed by atoms with Crippen molar-refractivity contribution in [2.75, 3.05) is 13.1 Å². The second-order valence-corrected chi connectivity index (χ2v) is 4.36. The van der Waals surface area contributed by atoms with Gasteiger partial charge in [0, 0.05) is 32.3 Å². The van der Waals surface area contributed by atoms with Gasteiger partial charge in [-0.1, -0.05) is 11.6 Å². The fourth-order valence-electron chi connectivity index (χ4n) is 2.13. The molecule has 82 valence electrons. The molecule has 2 heterocycles. The molecule has 1 aliphatic rings. The van der Waals surface area contributed by atoms with Crippen molar-refractivity contribution in [2.45, 2.75) is 25.8 Å². The number of piperidine rings is 1. The Morgan fingerprint density at radius 3 is 2.60 bits per heavy atom. The Morgan fingerprint density at radius 1 is 1.47 bits per heavy atom. The van der Waals surface area contributed by atoms with E-state index in [1.54, 1.807) is 6.92 Å². The predicted octanol–water partition coefficient (Wildman–Crippen LogP) is 2.32. The molecule has 4 heteroatoms. The molecule has 1 amide bonds. The predicted molar refractivity (Wildman–Crippen MR) is 60.0 cm³/mol. The molecule has 0 spiro atoms. The maximum absolute atomic E-state index is 11.2. The fraction of sp³-hybridized carbons (Fsp3) is 0.545. The van der Waals surface area contributed by atoms with Crippen molar-refractivity contribution >= 4 is 17.5 Å². The quantitative estimate of drug-likeness (QED) is 0.722. The highest BCUT2D eigenvalue weighted by atomic mass is 35.5. The largest absolute Gasteiger partial charge is 0.343 e. The number of rotatable bonds is 1. The first-order valence-electron chi connectivity index (χ1n) is 5.26. The molecule has 0 aromatic carbocycles. The molecule has 3 nitrogen and oxygen atoms in total. The smallest absolute Gasteiger partial charge is 0.219 e. The maximum Gasteiger partial charge on any atom is 0.219 e. The molecule has 0 atom stereocenters. The Balaban J connectivity index is 2.00. The first-order chi connectivity index (χ1) is 7.18. The van der Waals surface area contributed by atoms with Crippen LogP contribution in [0.4, 0.5) is 0 Å². The minimum Gasteiger partial charge on any atom is -0.343 e. The van der Waals surface area contributed by atoms with Gasteiger partial charge in [0.1, 0.15) is 5.15 Å². The third-order valence-corrected chi connectivity index (χ3v) is 3.35. The van der Waals surface area contributed by atoms with E-state index in [-0.39, 0.29) is 5.91 Å². The molecule has 0 radical (unpaired) electrons. The Kier molecular flexibility index (Phi) is 3.00. The summed E-state index contributed by atoms with van der Waals surface area (Å²) in [5.74, 6) is 0.173. The van der Waals surface area contributed by atoms with E-state index in [1.807, 2.05) is 23.2 Å². The summed E-state index contributed by atoms with van der Waals surface area (Å²) in [5.41, 5.74) is 0. The second kappa shape index (κ2) is 4.27. The minimum atomic E-state index is 0.173. The lowest BCUT2D eigenvalue weighted by Crippen LogP contribution is -2.37. The highest BCUT2D eigenvalue weighted by molar-refractivity contribution is 6.29. The zero-order valence-corrected chi connectivity index (χ0v) is 9.57. The second-order valence-electron chi connectivity index (χ2n) is 3.98. The summed E-state index contributed by atoms with van der Waals surface area (Å²) in [6, 6.07) is 4.31. The minimum absolute atomic E-state index is 0.173. The van der Waals surface area contributed by atoms with E-state index >= 15 is 0 Å². The molecule has 15 heavy (non-hydrogen) atoms. The lowest BCUT2D eigenvalue weighted by Gasteiger charge is -2.32. The van der Waals surface area contributed by atoms with Crippen LogP contribution in [0, 0.1) is 0 Å². The van der Waals surface area contributed by atoms with Crippen molar-refractivity contribution < 1.29 is 4.79 Å². The van der Waals surface area contributed by atoms with Crippen LogP contribution in [-0.2, 0) is 4.79 Å². The lowest BCUT2D eigenvalue weighted by atomic mass is 10.1. The molecule has 0 unspecified atom stereocenters. The molecule has 1 aliphatic heterocycles. The Labute approximate surface area is 94.6 Å². The molecule has 1 aromatic rings. The average molecular weight is 227 g/mol. The molecule has 0 N–H and O–H groups in total. The highest BCUT2D eigenvalue weighted by Crippen LogP contribution is 2.26. The Morgan fingerprint density at radius 2 is 2.13 bits per heavy atom. The number of carbonyl (C=O) groups excluding carboxylic acids is 1. The third-order valence-electron chi connectivity index (χ3n) is 3.03. The summed E-state index contributed by atoms with van der Waals surface area (Å²) in [6.07, 6.45) is 4.00. The number of hydrogen-bond donors (Lipinski definition) is 0. The van der Waals surface area contributed by atoms with Gasteiger partial charge in [-0.05, 0) is 25.0 Å². The van der Waals surface area contributed by atoms with Crippen molar-refractivity contribution in [2.24, 2.45) is 0 Å². The number of halogens is 1. The van der Waals surface area contributed by atoms with E-state index < -0.39 is 0 Å². The molecule has 0 saturated carbocycles. The van der Waals surface area contributed by atoms with Gasteiger partial charge in [-0.15, -0.1) is 0 Å². The number of amides is 1. The normalized spacial score (nSPS) is 18.1. The molecular weight excluding hydrogens is 212 g/mol. The SMILES string of the molecule is CC(=O)N1CCC(n2cccc2Cl)CC1. The molecule has 1 aromatic heterocycles.